The highest BCUT2D eigenvalue weighted by Crippen LogP contribution is 2.30. The van der Waals surface area contributed by atoms with E-state index in [1.54, 1.807) is 72.8 Å². The van der Waals surface area contributed by atoms with Crippen LogP contribution in [0.15, 0.2) is 78.9 Å². The summed E-state index contributed by atoms with van der Waals surface area (Å²) in [5.41, 5.74) is 5.67. The molecule has 0 fully saturated rings. The second-order valence-electron chi connectivity index (χ2n) is 6.91. The molecule has 0 spiro atoms. The number of amides is 2. The molecular formula is C24H20N2O6. The first-order valence-electron chi connectivity index (χ1n) is 9.90. The molecule has 4 rings (SSSR count). The van der Waals surface area contributed by atoms with Crippen molar-refractivity contribution in [1.29, 1.82) is 0 Å². The Labute approximate surface area is 184 Å². The topological polar surface area (TPSA) is 103 Å². The van der Waals surface area contributed by atoms with Gasteiger partial charge in [0.2, 0.25) is 6.10 Å². The molecule has 0 aromatic heterocycles. The highest BCUT2D eigenvalue weighted by molar-refractivity contribution is 6.09. The lowest BCUT2D eigenvalue weighted by Gasteiger charge is -2.25. The van der Waals surface area contributed by atoms with E-state index in [9.17, 15) is 14.4 Å². The fourth-order valence-electron chi connectivity index (χ4n) is 3.00. The van der Waals surface area contributed by atoms with E-state index in [0.717, 1.165) is 0 Å². The molecule has 0 bridgehead atoms. The van der Waals surface area contributed by atoms with Crippen LogP contribution in [0, 0.1) is 0 Å². The van der Waals surface area contributed by atoms with Crippen LogP contribution in [-0.2, 0) is 9.59 Å². The Morgan fingerprint density at radius 1 is 0.812 bits per heavy atom. The third kappa shape index (κ3) is 5.04. The Morgan fingerprint density at radius 3 is 2.22 bits per heavy atom. The highest BCUT2D eigenvalue weighted by Gasteiger charge is 2.27. The third-order valence-corrected chi connectivity index (χ3v) is 4.65. The number of hydrazine groups is 1. The number of hydrogen-bond donors (Lipinski definition) is 2. The number of hydrogen-bond acceptors (Lipinski definition) is 6. The fraction of sp³-hybridized carbons (Fsp3) is 0.125. The summed E-state index contributed by atoms with van der Waals surface area (Å²) in [4.78, 5) is 36.6. The molecule has 8 heteroatoms. The van der Waals surface area contributed by atoms with Gasteiger partial charge < -0.3 is 14.2 Å². The second-order valence-corrected chi connectivity index (χ2v) is 6.91. The maximum atomic E-state index is 12.4. The minimum Gasteiger partial charge on any atom is -0.485 e. The van der Waals surface area contributed by atoms with Gasteiger partial charge in [-0.2, -0.15) is 0 Å². The third-order valence-electron chi connectivity index (χ3n) is 4.65. The first-order valence-corrected chi connectivity index (χ1v) is 9.90. The van der Waals surface area contributed by atoms with Gasteiger partial charge in [0.15, 0.2) is 23.9 Å². The highest BCUT2D eigenvalue weighted by atomic mass is 16.6. The Kier molecular flexibility index (Phi) is 6.31. The van der Waals surface area contributed by atoms with Crippen LogP contribution in [0.3, 0.4) is 0 Å². The molecule has 0 saturated carbocycles. The van der Waals surface area contributed by atoms with Crippen molar-refractivity contribution < 1.29 is 28.6 Å². The van der Waals surface area contributed by atoms with Gasteiger partial charge in [0, 0.05) is 11.1 Å². The number of benzene rings is 3. The van der Waals surface area contributed by atoms with Crippen molar-refractivity contribution in [1.82, 2.24) is 10.9 Å². The number of fused-ring (bicyclic) bond motifs is 1. The van der Waals surface area contributed by atoms with Crippen molar-refractivity contribution in [3.8, 4) is 17.2 Å². The van der Waals surface area contributed by atoms with Gasteiger partial charge in [-0.15, -0.1) is 0 Å². The van der Waals surface area contributed by atoms with Crippen LogP contribution in [0.4, 0.5) is 0 Å². The zero-order valence-electron chi connectivity index (χ0n) is 16.9. The summed E-state index contributed by atoms with van der Waals surface area (Å²) in [6, 6.07) is 22.4. The average molecular weight is 432 g/mol. The Balaban J connectivity index is 1.22. The first kappa shape index (κ1) is 20.9. The van der Waals surface area contributed by atoms with Crippen molar-refractivity contribution in [3.63, 3.8) is 0 Å². The number of carbonyl (C=O) groups excluding carboxylic acids is 3. The number of ketones is 1. The smallest absolute Gasteiger partial charge is 0.283 e. The first-order chi connectivity index (χ1) is 15.6. The minimum absolute atomic E-state index is 0.0310. The largest absolute Gasteiger partial charge is 0.485 e. The van der Waals surface area contributed by atoms with Crippen LogP contribution in [-0.4, -0.2) is 36.9 Å². The average Bonchev–Trinajstić information content (AvgIpc) is 2.86. The molecule has 0 radical (unpaired) electrons. The molecule has 1 heterocycles. The van der Waals surface area contributed by atoms with E-state index < -0.39 is 17.9 Å². The predicted octanol–water partition coefficient (Wildman–Crippen LogP) is 2.28. The zero-order valence-corrected chi connectivity index (χ0v) is 16.9. The molecule has 1 aliphatic heterocycles. The van der Waals surface area contributed by atoms with Gasteiger partial charge in [0.25, 0.3) is 11.8 Å². The van der Waals surface area contributed by atoms with E-state index in [4.69, 9.17) is 14.2 Å². The van der Waals surface area contributed by atoms with Gasteiger partial charge in [0.05, 0.1) is 0 Å². The van der Waals surface area contributed by atoms with Gasteiger partial charge in [0.1, 0.15) is 12.4 Å². The molecule has 1 atom stereocenters. The van der Waals surface area contributed by atoms with Crippen molar-refractivity contribution in [2.75, 3.05) is 13.2 Å². The van der Waals surface area contributed by atoms with Crippen LogP contribution in [0.5, 0.6) is 17.2 Å². The van der Waals surface area contributed by atoms with Gasteiger partial charge in [-0.05, 0) is 36.4 Å². The lowest BCUT2D eigenvalue weighted by Crippen LogP contribution is -2.51. The molecule has 8 nitrogen and oxygen atoms in total. The number of rotatable bonds is 6. The van der Waals surface area contributed by atoms with Crippen LogP contribution in [0.1, 0.15) is 15.9 Å². The maximum Gasteiger partial charge on any atom is 0.283 e. The lowest BCUT2D eigenvalue weighted by molar-refractivity contribution is -0.135. The van der Waals surface area contributed by atoms with E-state index in [2.05, 4.69) is 10.9 Å². The summed E-state index contributed by atoms with van der Waals surface area (Å²) in [7, 11) is 0. The van der Waals surface area contributed by atoms with Crippen LogP contribution >= 0.6 is 0 Å². The van der Waals surface area contributed by atoms with E-state index in [1.165, 1.54) is 0 Å². The minimum atomic E-state index is -0.888. The summed E-state index contributed by atoms with van der Waals surface area (Å²) in [5.74, 6) is 0.232. The van der Waals surface area contributed by atoms with Crippen molar-refractivity contribution in [3.05, 3.63) is 90.0 Å². The standard InChI is InChI=1S/C24H20N2O6/c27-22(25-26-24(29)21-14-31-19-8-4-5-9-20(19)32-21)15-30-18-12-10-17(11-13-18)23(28)16-6-2-1-3-7-16/h1-13,21H,14-15H2,(H,25,27)(H,26,29). The summed E-state index contributed by atoms with van der Waals surface area (Å²) in [6.45, 7) is -0.291. The molecule has 1 unspecified atom stereocenters. The second kappa shape index (κ2) is 9.65. The van der Waals surface area contributed by atoms with Crippen molar-refractivity contribution >= 4 is 17.6 Å². The zero-order chi connectivity index (χ0) is 22.3. The van der Waals surface area contributed by atoms with Gasteiger partial charge in [-0.3, -0.25) is 25.2 Å². The fourth-order valence-corrected chi connectivity index (χ4v) is 3.00. The quantitative estimate of drug-likeness (QED) is 0.458. The van der Waals surface area contributed by atoms with E-state index in [1.807, 2.05) is 6.07 Å². The normalized spacial score (nSPS) is 14.2. The molecule has 32 heavy (non-hydrogen) atoms. The maximum absolute atomic E-state index is 12.4. The SMILES string of the molecule is O=C(COc1ccc(C(=O)c2ccccc2)cc1)NNC(=O)C1COc2ccccc2O1. The molecule has 3 aromatic rings. The molecule has 2 N–H and O–H groups in total. The molecule has 1 aliphatic rings. The van der Waals surface area contributed by atoms with Crippen LogP contribution in [0.2, 0.25) is 0 Å². The van der Waals surface area contributed by atoms with Crippen molar-refractivity contribution in [2.24, 2.45) is 0 Å². The molecule has 0 aliphatic carbocycles. The van der Waals surface area contributed by atoms with E-state index in [-0.39, 0.29) is 19.0 Å². The van der Waals surface area contributed by atoms with Crippen LogP contribution < -0.4 is 25.1 Å². The van der Waals surface area contributed by atoms with E-state index in [0.29, 0.717) is 28.4 Å². The number of carbonyl (C=O) groups is 3. The predicted molar refractivity (Wildman–Crippen MR) is 114 cm³/mol. The number of nitrogens with one attached hydrogen (secondary N) is 2. The Morgan fingerprint density at radius 2 is 1.47 bits per heavy atom. The van der Waals surface area contributed by atoms with Gasteiger partial charge in [-0.25, -0.2) is 0 Å². The molecule has 0 saturated heterocycles. The number of para-hydroxylation sites is 2. The summed E-state index contributed by atoms with van der Waals surface area (Å²) < 4.78 is 16.4. The van der Waals surface area contributed by atoms with Crippen LogP contribution in [0.25, 0.3) is 0 Å². The summed E-state index contributed by atoms with van der Waals surface area (Å²) in [5, 5.41) is 0. The lowest BCUT2D eigenvalue weighted by atomic mass is 10.0. The summed E-state index contributed by atoms with van der Waals surface area (Å²) in [6.07, 6.45) is -0.888. The molecule has 162 valence electrons. The molecule has 3 aromatic carbocycles. The summed E-state index contributed by atoms with van der Waals surface area (Å²) >= 11 is 0. The Hall–Kier alpha value is -4.33. The van der Waals surface area contributed by atoms with Gasteiger partial charge in [-0.1, -0.05) is 42.5 Å². The molecule has 2 amide bonds. The Bertz CT molecular complexity index is 1110. The van der Waals surface area contributed by atoms with Gasteiger partial charge >= 0.3 is 0 Å². The number of ether oxygens (including phenoxy) is 3. The van der Waals surface area contributed by atoms with Crippen molar-refractivity contribution in [2.45, 2.75) is 6.10 Å². The van der Waals surface area contributed by atoms with E-state index >= 15 is 0 Å². The monoisotopic (exact) mass is 432 g/mol. The molecular weight excluding hydrogens is 412 g/mol.